The maximum Gasteiger partial charge on any atom is 0.295 e. The minimum atomic E-state index is -0.656. The van der Waals surface area contributed by atoms with E-state index in [1.54, 1.807) is 29.2 Å². The molecule has 0 spiro atoms. The summed E-state index contributed by atoms with van der Waals surface area (Å²) in [7, 11) is 3.90. The number of rotatable bonds is 5. The lowest BCUT2D eigenvalue weighted by molar-refractivity contribution is -0.140. The molecular formula is C24H26N2O4. The summed E-state index contributed by atoms with van der Waals surface area (Å²) in [6.07, 6.45) is 1.71. The SMILES string of the molecule is CN(C)c1ccc(C2C(=C(O)c3ccccc3)C(=O)C(=O)N2CC2CCCO2)cc1. The molecule has 0 aromatic heterocycles. The van der Waals surface area contributed by atoms with E-state index in [2.05, 4.69) is 0 Å². The molecule has 2 aliphatic rings. The summed E-state index contributed by atoms with van der Waals surface area (Å²) >= 11 is 0. The number of likely N-dealkylation sites (tertiary alicyclic amines) is 1. The van der Waals surface area contributed by atoms with Gasteiger partial charge in [-0.3, -0.25) is 9.59 Å². The zero-order chi connectivity index (χ0) is 21.3. The van der Waals surface area contributed by atoms with Crippen LogP contribution >= 0.6 is 0 Å². The van der Waals surface area contributed by atoms with Gasteiger partial charge in [0.2, 0.25) is 0 Å². The minimum Gasteiger partial charge on any atom is -0.507 e. The van der Waals surface area contributed by atoms with Crippen molar-refractivity contribution >= 4 is 23.1 Å². The molecule has 2 aliphatic heterocycles. The van der Waals surface area contributed by atoms with Gasteiger partial charge in [-0.25, -0.2) is 0 Å². The topological polar surface area (TPSA) is 70.1 Å². The lowest BCUT2D eigenvalue weighted by atomic mass is 9.95. The molecule has 30 heavy (non-hydrogen) atoms. The Kier molecular flexibility index (Phi) is 5.59. The van der Waals surface area contributed by atoms with Gasteiger partial charge >= 0.3 is 0 Å². The lowest BCUT2D eigenvalue weighted by Crippen LogP contribution is -2.36. The van der Waals surface area contributed by atoms with Crippen LogP contribution in [0.5, 0.6) is 0 Å². The van der Waals surface area contributed by atoms with E-state index in [1.165, 1.54) is 0 Å². The number of aliphatic hydroxyl groups excluding tert-OH is 1. The van der Waals surface area contributed by atoms with E-state index in [0.29, 0.717) is 18.7 Å². The number of Topliss-reactive ketones (excluding diaryl/α,β-unsaturated/α-hetero) is 1. The third kappa shape index (κ3) is 3.71. The number of hydrogen-bond acceptors (Lipinski definition) is 5. The highest BCUT2D eigenvalue weighted by atomic mass is 16.5. The highest BCUT2D eigenvalue weighted by Gasteiger charge is 2.47. The molecule has 1 amide bonds. The van der Waals surface area contributed by atoms with E-state index in [0.717, 1.165) is 24.1 Å². The molecule has 2 unspecified atom stereocenters. The van der Waals surface area contributed by atoms with E-state index >= 15 is 0 Å². The molecular weight excluding hydrogens is 380 g/mol. The lowest BCUT2D eigenvalue weighted by Gasteiger charge is -2.28. The van der Waals surface area contributed by atoms with Crippen molar-refractivity contribution in [2.75, 3.05) is 32.1 Å². The average molecular weight is 406 g/mol. The van der Waals surface area contributed by atoms with Crippen molar-refractivity contribution in [3.05, 3.63) is 71.3 Å². The fourth-order valence-electron chi connectivity index (χ4n) is 4.13. The summed E-state index contributed by atoms with van der Waals surface area (Å²) in [6, 6.07) is 15.9. The highest BCUT2D eigenvalue weighted by molar-refractivity contribution is 6.46. The zero-order valence-corrected chi connectivity index (χ0v) is 17.2. The number of hydrogen-bond donors (Lipinski definition) is 1. The molecule has 156 valence electrons. The van der Waals surface area contributed by atoms with Crippen molar-refractivity contribution in [3.63, 3.8) is 0 Å². The van der Waals surface area contributed by atoms with Gasteiger partial charge in [-0.2, -0.15) is 0 Å². The summed E-state index contributed by atoms with van der Waals surface area (Å²) in [6.45, 7) is 0.997. The van der Waals surface area contributed by atoms with E-state index in [-0.39, 0.29) is 17.4 Å². The molecule has 0 saturated carbocycles. The third-order valence-corrected chi connectivity index (χ3v) is 5.74. The maximum atomic E-state index is 13.0. The Labute approximate surface area is 176 Å². The molecule has 2 atom stereocenters. The molecule has 0 radical (unpaired) electrons. The van der Waals surface area contributed by atoms with Gasteiger partial charge in [0.15, 0.2) is 0 Å². The second kappa shape index (κ2) is 8.32. The van der Waals surface area contributed by atoms with Crippen LogP contribution in [0.1, 0.15) is 30.0 Å². The van der Waals surface area contributed by atoms with E-state index < -0.39 is 17.7 Å². The second-order valence-corrected chi connectivity index (χ2v) is 7.94. The van der Waals surface area contributed by atoms with Gasteiger partial charge in [0.25, 0.3) is 11.7 Å². The third-order valence-electron chi connectivity index (χ3n) is 5.74. The van der Waals surface area contributed by atoms with Crippen LogP contribution in [0.3, 0.4) is 0 Å². The summed E-state index contributed by atoms with van der Waals surface area (Å²) in [5.74, 6) is -1.40. The molecule has 2 fully saturated rings. The Bertz CT molecular complexity index is 960. The first-order valence-electron chi connectivity index (χ1n) is 10.2. The van der Waals surface area contributed by atoms with Crippen molar-refractivity contribution in [3.8, 4) is 0 Å². The first-order valence-corrected chi connectivity index (χ1v) is 10.2. The first kappa shape index (κ1) is 20.2. The molecule has 0 aliphatic carbocycles. The van der Waals surface area contributed by atoms with Crippen molar-refractivity contribution in [1.29, 1.82) is 0 Å². The predicted molar refractivity (Wildman–Crippen MR) is 115 cm³/mol. The van der Waals surface area contributed by atoms with Gasteiger partial charge in [-0.05, 0) is 30.5 Å². The van der Waals surface area contributed by atoms with Crippen LogP contribution in [0.25, 0.3) is 5.76 Å². The van der Waals surface area contributed by atoms with Crippen molar-refractivity contribution in [2.24, 2.45) is 0 Å². The number of benzene rings is 2. The molecule has 6 heteroatoms. The normalized spacial score (nSPS) is 23.2. The first-order chi connectivity index (χ1) is 14.5. The Balaban J connectivity index is 1.80. The Hall–Kier alpha value is -3.12. The Morgan fingerprint density at radius 1 is 1.10 bits per heavy atom. The quantitative estimate of drug-likeness (QED) is 0.468. The van der Waals surface area contributed by atoms with Crippen molar-refractivity contribution in [2.45, 2.75) is 25.0 Å². The van der Waals surface area contributed by atoms with Crippen LogP contribution in [0.2, 0.25) is 0 Å². The van der Waals surface area contributed by atoms with Crippen LogP contribution in [-0.2, 0) is 14.3 Å². The van der Waals surface area contributed by atoms with Crippen molar-refractivity contribution < 1.29 is 19.4 Å². The number of ether oxygens (including phenoxy) is 1. The number of carbonyl (C=O) groups is 2. The number of carbonyl (C=O) groups excluding carboxylic acids is 2. The van der Waals surface area contributed by atoms with Crippen LogP contribution in [0, 0.1) is 0 Å². The molecule has 2 saturated heterocycles. The number of ketones is 1. The Morgan fingerprint density at radius 2 is 1.80 bits per heavy atom. The van der Waals surface area contributed by atoms with Crippen LogP contribution in [-0.4, -0.2) is 55.0 Å². The smallest absolute Gasteiger partial charge is 0.295 e. The number of amides is 1. The fourth-order valence-corrected chi connectivity index (χ4v) is 4.13. The maximum absolute atomic E-state index is 13.0. The number of nitrogens with zero attached hydrogens (tertiary/aromatic N) is 2. The van der Waals surface area contributed by atoms with E-state index in [4.69, 9.17) is 4.74 Å². The summed E-state index contributed by atoms with van der Waals surface area (Å²) < 4.78 is 5.72. The van der Waals surface area contributed by atoms with Crippen LogP contribution in [0.4, 0.5) is 5.69 Å². The van der Waals surface area contributed by atoms with Gasteiger partial charge in [0.05, 0.1) is 17.7 Å². The summed E-state index contributed by atoms with van der Waals surface area (Å²) in [5, 5.41) is 11.0. The highest BCUT2D eigenvalue weighted by Crippen LogP contribution is 2.40. The largest absolute Gasteiger partial charge is 0.507 e. The van der Waals surface area contributed by atoms with Gasteiger partial charge in [0, 0.05) is 38.5 Å². The van der Waals surface area contributed by atoms with Crippen LogP contribution in [0.15, 0.2) is 60.2 Å². The van der Waals surface area contributed by atoms with E-state index in [1.807, 2.05) is 49.3 Å². The number of anilines is 1. The standard InChI is InChI=1S/C24H26N2O4/c1-25(2)18-12-10-16(11-13-18)21-20(22(27)17-7-4-3-5-8-17)23(28)24(29)26(21)15-19-9-6-14-30-19/h3-5,7-8,10-13,19,21,27H,6,9,14-15H2,1-2H3. The van der Waals surface area contributed by atoms with Gasteiger partial charge in [-0.1, -0.05) is 42.5 Å². The fraction of sp³-hybridized carbons (Fsp3) is 0.333. The summed E-state index contributed by atoms with van der Waals surface area (Å²) in [5.41, 5.74) is 2.44. The molecule has 4 rings (SSSR count). The van der Waals surface area contributed by atoms with Gasteiger partial charge in [0.1, 0.15) is 5.76 Å². The minimum absolute atomic E-state index is 0.0940. The van der Waals surface area contributed by atoms with Gasteiger partial charge in [-0.15, -0.1) is 0 Å². The van der Waals surface area contributed by atoms with Crippen molar-refractivity contribution in [1.82, 2.24) is 4.90 Å². The Morgan fingerprint density at radius 3 is 2.40 bits per heavy atom. The van der Waals surface area contributed by atoms with Gasteiger partial charge < -0.3 is 19.6 Å². The van der Waals surface area contributed by atoms with E-state index in [9.17, 15) is 14.7 Å². The second-order valence-electron chi connectivity index (χ2n) is 7.94. The molecule has 1 N–H and O–H groups in total. The van der Waals surface area contributed by atoms with Crippen LogP contribution < -0.4 is 4.90 Å². The number of aliphatic hydroxyl groups is 1. The monoisotopic (exact) mass is 406 g/mol. The molecule has 2 aromatic carbocycles. The molecule has 6 nitrogen and oxygen atoms in total. The predicted octanol–water partition coefficient (Wildman–Crippen LogP) is 3.35. The molecule has 2 heterocycles. The average Bonchev–Trinajstić information content (AvgIpc) is 3.36. The summed E-state index contributed by atoms with van der Waals surface area (Å²) in [4.78, 5) is 29.5. The molecule has 2 aromatic rings. The molecule has 0 bridgehead atoms. The zero-order valence-electron chi connectivity index (χ0n) is 17.2.